The van der Waals surface area contributed by atoms with Crippen LogP contribution >= 0.6 is 0 Å². The number of nitrogens with zero attached hydrogens (tertiary/aromatic N) is 4. The molecule has 4 heterocycles. The van der Waals surface area contributed by atoms with Crippen molar-refractivity contribution in [3.63, 3.8) is 0 Å². The number of nitrogens with two attached hydrogens (primary N) is 1. The highest BCUT2D eigenvalue weighted by molar-refractivity contribution is 5.92. The van der Waals surface area contributed by atoms with Crippen LogP contribution in [-0.2, 0) is 13.0 Å². The van der Waals surface area contributed by atoms with Crippen LogP contribution < -0.4 is 15.8 Å². The third-order valence-corrected chi connectivity index (χ3v) is 4.86. The monoisotopic (exact) mass is 386 g/mol. The number of amides is 1. The predicted molar refractivity (Wildman–Crippen MR) is 108 cm³/mol. The Morgan fingerprint density at radius 3 is 2.83 bits per heavy atom. The number of rotatable bonds is 5. The van der Waals surface area contributed by atoms with Gasteiger partial charge in [-0.25, -0.2) is 15.0 Å². The number of aromatic nitrogens is 4. The first kappa shape index (κ1) is 17.2. The van der Waals surface area contributed by atoms with Gasteiger partial charge in [-0.2, -0.15) is 0 Å². The van der Waals surface area contributed by atoms with E-state index in [4.69, 9.17) is 10.5 Å². The van der Waals surface area contributed by atoms with Gasteiger partial charge in [-0.05, 0) is 17.7 Å². The molecule has 1 aromatic carbocycles. The largest absolute Gasteiger partial charge is 0.487 e. The molecule has 8 heteroatoms. The van der Waals surface area contributed by atoms with Gasteiger partial charge in [0.2, 0.25) is 0 Å². The molecule has 29 heavy (non-hydrogen) atoms. The highest BCUT2D eigenvalue weighted by Crippen LogP contribution is 2.34. The van der Waals surface area contributed by atoms with Crippen molar-refractivity contribution in [2.24, 2.45) is 5.73 Å². The van der Waals surface area contributed by atoms with Crippen LogP contribution in [0.1, 0.15) is 21.7 Å². The van der Waals surface area contributed by atoms with Gasteiger partial charge in [0.1, 0.15) is 17.7 Å². The van der Waals surface area contributed by atoms with Crippen molar-refractivity contribution in [2.75, 3.05) is 11.9 Å². The first-order chi connectivity index (χ1) is 14.2. The first-order valence-electron chi connectivity index (χ1n) is 9.28. The smallest absolute Gasteiger partial charge is 0.265 e. The van der Waals surface area contributed by atoms with Crippen LogP contribution in [0.15, 0.2) is 54.9 Å². The van der Waals surface area contributed by atoms with Crippen LogP contribution in [0.3, 0.4) is 0 Å². The van der Waals surface area contributed by atoms with Gasteiger partial charge in [0.05, 0.1) is 17.8 Å². The number of carbonyl (C=O) groups excluding carboxylic acids is 1. The second-order valence-electron chi connectivity index (χ2n) is 6.73. The molecule has 0 bridgehead atoms. The van der Waals surface area contributed by atoms with Crippen LogP contribution in [0.2, 0.25) is 0 Å². The summed E-state index contributed by atoms with van der Waals surface area (Å²) in [6.45, 7) is 1.19. The fourth-order valence-electron chi connectivity index (χ4n) is 3.47. The van der Waals surface area contributed by atoms with Crippen LogP contribution in [0.4, 0.5) is 5.82 Å². The highest BCUT2D eigenvalue weighted by atomic mass is 16.5. The standard InChI is InChI=1S/C21H18N6O2/c22-19(28)16-8-4-7-15-17(24-12-27(15)16)20-25-14-9-10-29-18(14)21(26-20)23-11-13-5-2-1-3-6-13/h1-8,12H,9-11H2,(H2,22,28)(H,23,25,26). The molecule has 0 unspecified atom stereocenters. The first-order valence-corrected chi connectivity index (χ1v) is 9.28. The molecule has 144 valence electrons. The third kappa shape index (κ3) is 3.04. The maximum atomic E-state index is 11.7. The van der Waals surface area contributed by atoms with Crippen molar-refractivity contribution in [1.82, 2.24) is 19.4 Å². The molecule has 1 amide bonds. The lowest BCUT2D eigenvalue weighted by Crippen LogP contribution is -2.14. The Balaban J connectivity index is 1.57. The van der Waals surface area contributed by atoms with Crippen LogP contribution in [0.5, 0.6) is 5.75 Å². The van der Waals surface area contributed by atoms with E-state index in [1.165, 1.54) is 0 Å². The summed E-state index contributed by atoms with van der Waals surface area (Å²) in [7, 11) is 0. The van der Waals surface area contributed by atoms with Crippen LogP contribution in [-0.4, -0.2) is 31.9 Å². The fraction of sp³-hybridized carbons (Fsp3) is 0.143. The molecular weight excluding hydrogens is 368 g/mol. The lowest BCUT2D eigenvalue weighted by molar-refractivity contribution is 0.0994. The molecule has 0 aliphatic carbocycles. The average Bonchev–Trinajstić information content (AvgIpc) is 3.39. The van der Waals surface area contributed by atoms with E-state index in [0.717, 1.165) is 11.3 Å². The average molecular weight is 386 g/mol. The summed E-state index contributed by atoms with van der Waals surface area (Å²) in [6, 6.07) is 15.4. The van der Waals surface area contributed by atoms with E-state index in [0.29, 0.717) is 53.9 Å². The lowest BCUT2D eigenvalue weighted by atomic mass is 10.2. The predicted octanol–water partition coefficient (Wildman–Crippen LogP) is 2.44. The van der Waals surface area contributed by atoms with Gasteiger partial charge in [0.25, 0.3) is 5.91 Å². The second-order valence-corrected chi connectivity index (χ2v) is 6.73. The number of hydrogen-bond acceptors (Lipinski definition) is 6. The summed E-state index contributed by atoms with van der Waals surface area (Å²) < 4.78 is 7.41. The Morgan fingerprint density at radius 1 is 1.14 bits per heavy atom. The maximum Gasteiger partial charge on any atom is 0.265 e. The van der Waals surface area contributed by atoms with Gasteiger partial charge < -0.3 is 15.8 Å². The molecule has 0 fully saturated rings. The molecular formula is C21H18N6O2. The fourth-order valence-corrected chi connectivity index (χ4v) is 3.47. The number of fused-ring (bicyclic) bond motifs is 2. The number of primary amides is 1. The van der Waals surface area contributed by atoms with Crippen molar-refractivity contribution >= 4 is 17.2 Å². The minimum absolute atomic E-state index is 0.355. The molecule has 0 saturated heterocycles. The number of pyridine rings is 1. The zero-order chi connectivity index (χ0) is 19.8. The van der Waals surface area contributed by atoms with Crippen molar-refractivity contribution in [3.8, 4) is 17.3 Å². The Hall–Kier alpha value is -3.94. The topological polar surface area (TPSA) is 107 Å². The van der Waals surface area contributed by atoms with Gasteiger partial charge in [-0.3, -0.25) is 9.20 Å². The molecule has 3 aromatic heterocycles. The Labute approximate surface area is 166 Å². The SMILES string of the molecule is NC(=O)c1cccc2c(-c3nc4c(c(NCc5ccccc5)n3)OCC4)ncn12. The molecule has 0 saturated carbocycles. The molecule has 0 atom stereocenters. The van der Waals surface area contributed by atoms with Gasteiger partial charge in [0, 0.05) is 13.0 Å². The van der Waals surface area contributed by atoms with Gasteiger partial charge in [-0.1, -0.05) is 36.4 Å². The number of anilines is 1. The zero-order valence-electron chi connectivity index (χ0n) is 15.5. The molecule has 3 N–H and O–H groups in total. The normalized spacial score (nSPS) is 12.6. The number of nitrogens with one attached hydrogen (secondary N) is 1. The summed E-state index contributed by atoms with van der Waals surface area (Å²) in [5, 5.41) is 3.36. The molecule has 8 nitrogen and oxygen atoms in total. The van der Waals surface area contributed by atoms with Crippen LogP contribution in [0.25, 0.3) is 17.0 Å². The minimum atomic E-state index is -0.520. The number of carbonyl (C=O) groups is 1. The summed E-state index contributed by atoms with van der Waals surface area (Å²) in [5.41, 5.74) is 9.12. The van der Waals surface area contributed by atoms with E-state index in [2.05, 4.69) is 20.3 Å². The Kier molecular flexibility index (Phi) is 4.09. The van der Waals surface area contributed by atoms with Crippen molar-refractivity contribution in [2.45, 2.75) is 13.0 Å². The molecule has 0 radical (unpaired) electrons. The quantitative estimate of drug-likeness (QED) is 0.545. The Morgan fingerprint density at radius 2 is 2.00 bits per heavy atom. The number of imidazole rings is 1. The van der Waals surface area contributed by atoms with Gasteiger partial charge >= 0.3 is 0 Å². The van der Waals surface area contributed by atoms with Crippen LogP contribution in [0, 0.1) is 0 Å². The minimum Gasteiger partial charge on any atom is -0.487 e. The summed E-state index contributed by atoms with van der Waals surface area (Å²) in [6.07, 6.45) is 2.28. The van der Waals surface area contributed by atoms with E-state index in [9.17, 15) is 4.79 Å². The Bertz CT molecular complexity index is 1220. The van der Waals surface area contributed by atoms with Crippen molar-refractivity contribution in [1.29, 1.82) is 0 Å². The number of ether oxygens (including phenoxy) is 1. The molecule has 1 aliphatic heterocycles. The summed E-state index contributed by atoms with van der Waals surface area (Å²) >= 11 is 0. The summed E-state index contributed by atoms with van der Waals surface area (Å²) in [4.78, 5) is 25.5. The second kappa shape index (κ2) is 6.90. The number of benzene rings is 1. The summed E-state index contributed by atoms with van der Waals surface area (Å²) in [5.74, 6) is 1.28. The number of hydrogen-bond donors (Lipinski definition) is 2. The van der Waals surface area contributed by atoms with E-state index in [1.807, 2.05) is 36.4 Å². The third-order valence-electron chi connectivity index (χ3n) is 4.86. The van der Waals surface area contributed by atoms with Gasteiger partial charge in [0.15, 0.2) is 17.4 Å². The van der Waals surface area contributed by atoms with Gasteiger partial charge in [-0.15, -0.1) is 0 Å². The molecule has 5 rings (SSSR count). The van der Waals surface area contributed by atoms with Crippen molar-refractivity contribution < 1.29 is 9.53 Å². The van der Waals surface area contributed by atoms with E-state index >= 15 is 0 Å². The van der Waals surface area contributed by atoms with Crippen molar-refractivity contribution in [3.05, 3.63) is 71.8 Å². The zero-order valence-corrected chi connectivity index (χ0v) is 15.5. The van der Waals surface area contributed by atoms with E-state index < -0.39 is 5.91 Å². The molecule has 1 aliphatic rings. The highest BCUT2D eigenvalue weighted by Gasteiger charge is 2.23. The molecule has 0 spiro atoms. The molecule has 4 aromatic rings. The lowest BCUT2D eigenvalue weighted by Gasteiger charge is -2.11. The van der Waals surface area contributed by atoms with E-state index in [1.54, 1.807) is 22.9 Å². The maximum absolute atomic E-state index is 11.7. The van der Waals surface area contributed by atoms with E-state index in [-0.39, 0.29) is 0 Å².